The third kappa shape index (κ3) is 7.09. The predicted molar refractivity (Wildman–Crippen MR) is 318 cm³/mol. The average molecular weight is 979 g/mol. The maximum Gasteiger partial charge on any atom is 0.0971 e. The van der Waals surface area contributed by atoms with Crippen LogP contribution in [-0.4, -0.2) is 9.97 Å². The molecule has 76 heavy (non-hydrogen) atoms. The van der Waals surface area contributed by atoms with Crippen LogP contribution in [0.25, 0.3) is 32.6 Å². The molecule has 0 saturated heterocycles. The van der Waals surface area contributed by atoms with Crippen LogP contribution in [0, 0.1) is 0 Å². The van der Waals surface area contributed by atoms with Gasteiger partial charge >= 0.3 is 0 Å². The number of fused-ring (bicyclic) bond motifs is 10. The topological polar surface area (TPSA) is 38.7 Å². The molecule has 0 bridgehead atoms. The number of anilines is 12. The molecule has 14 rings (SSSR count). The van der Waals surface area contributed by atoms with Gasteiger partial charge < -0.3 is 19.6 Å². The molecule has 0 aliphatic carbocycles. The van der Waals surface area contributed by atoms with Gasteiger partial charge in [-0.2, -0.15) is 0 Å². The lowest BCUT2D eigenvalue weighted by Gasteiger charge is -2.43. The van der Waals surface area contributed by atoms with E-state index >= 15 is 0 Å². The number of benzene rings is 11. The summed E-state index contributed by atoms with van der Waals surface area (Å²) in [5.74, 6) is 0. The predicted octanol–water partition coefficient (Wildman–Crippen LogP) is 19.1. The molecule has 0 spiro atoms. The van der Waals surface area contributed by atoms with Gasteiger partial charge in [0, 0.05) is 79.5 Å². The van der Waals surface area contributed by atoms with E-state index in [1.165, 1.54) is 33.6 Å². The van der Waals surface area contributed by atoms with Crippen molar-refractivity contribution in [2.75, 3.05) is 19.6 Å². The Hall–Kier alpha value is -9.52. The third-order valence-corrected chi connectivity index (χ3v) is 16.0. The summed E-state index contributed by atoms with van der Waals surface area (Å²) in [6.45, 7) is 9.46. The summed E-state index contributed by atoms with van der Waals surface area (Å²) in [7, 11) is 0. The first-order valence-corrected chi connectivity index (χ1v) is 26.2. The lowest BCUT2D eigenvalue weighted by molar-refractivity contribution is 0.632. The van der Waals surface area contributed by atoms with Gasteiger partial charge in [0.05, 0.1) is 33.8 Å². The lowest BCUT2D eigenvalue weighted by atomic mass is 9.73. The lowest BCUT2D eigenvalue weighted by Crippen LogP contribution is -2.31. The summed E-state index contributed by atoms with van der Waals surface area (Å²) in [5.41, 5.74) is 19.7. The number of nitrogens with zero attached hydrogens (tertiary/aromatic N) is 6. The Morgan fingerprint density at radius 3 is 0.987 bits per heavy atom. The molecule has 6 heteroatoms. The van der Waals surface area contributed by atoms with Crippen molar-refractivity contribution in [2.45, 2.75) is 38.5 Å². The highest BCUT2D eigenvalue weighted by molar-refractivity contribution is 6.24. The van der Waals surface area contributed by atoms with Gasteiger partial charge in [-0.1, -0.05) is 149 Å². The van der Waals surface area contributed by atoms with Crippen molar-refractivity contribution >= 4 is 101 Å². The largest absolute Gasteiger partial charge is 0.310 e. The van der Waals surface area contributed by atoms with E-state index in [1.54, 1.807) is 0 Å². The van der Waals surface area contributed by atoms with Gasteiger partial charge in [0.2, 0.25) is 0 Å². The SMILES string of the molecule is CC1(C)c2ccccc2N(c2ccc3c(c2)c2cc(N4c5ccccc5C(C)(C)c5cc(N(c6ccccc6)c6ccccc6)ccc54)ccc2c2nccnc32)c2ccc(N(c3ccccc3)c3ccccc3)cc21. The normalized spacial score (nSPS) is 13.9. The second kappa shape index (κ2) is 17.6. The van der Waals surface area contributed by atoms with E-state index in [0.29, 0.717) is 0 Å². The van der Waals surface area contributed by atoms with E-state index in [0.717, 1.165) is 89.5 Å². The van der Waals surface area contributed by atoms with Crippen molar-refractivity contribution in [3.05, 3.63) is 277 Å². The molecule has 364 valence electrons. The Morgan fingerprint density at radius 1 is 0.289 bits per heavy atom. The minimum atomic E-state index is -0.306. The molecular formula is C70H54N6. The summed E-state index contributed by atoms with van der Waals surface area (Å²) in [6, 6.07) is 88.4. The van der Waals surface area contributed by atoms with Crippen LogP contribution in [0.3, 0.4) is 0 Å². The van der Waals surface area contributed by atoms with E-state index in [1.807, 2.05) is 12.4 Å². The molecule has 1 aromatic heterocycles. The fourth-order valence-corrected chi connectivity index (χ4v) is 12.4. The Bertz CT molecular complexity index is 3840. The highest BCUT2D eigenvalue weighted by atomic mass is 15.2. The van der Waals surface area contributed by atoms with Crippen LogP contribution in [0.5, 0.6) is 0 Å². The van der Waals surface area contributed by atoms with Crippen molar-refractivity contribution in [1.29, 1.82) is 0 Å². The van der Waals surface area contributed by atoms with Crippen molar-refractivity contribution < 1.29 is 0 Å². The Kier molecular flexibility index (Phi) is 10.4. The van der Waals surface area contributed by atoms with E-state index in [9.17, 15) is 0 Å². The fraction of sp³-hybridized carbons (Fsp3) is 0.0857. The molecule has 0 atom stereocenters. The first-order valence-electron chi connectivity index (χ1n) is 26.2. The van der Waals surface area contributed by atoms with E-state index in [2.05, 4.69) is 290 Å². The molecule has 0 saturated carbocycles. The molecule has 0 N–H and O–H groups in total. The highest BCUT2D eigenvalue weighted by Crippen LogP contribution is 2.56. The molecule has 2 aliphatic rings. The fourth-order valence-electron chi connectivity index (χ4n) is 12.4. The third-order valence-electron chi connectivity index (χ3n) is 16.0. The van der Waals surface area contributed by atoms with Gasteiger partial charge in [0.15, 0.2) is 0 Å². The average Bonchev–Trinajstić information content (AvgIpc) is 3.55. The summed E-state index contributed by atoms with van der Waals surface area (Å²) in [5, 5.41) is 4.35. The molecular weight excluding hydrogens is 925 g/mol. The molecule has 0 amide bonds. The van der Waals surface area contributed by atoms with Crippen LogP contribution in [-0.2, 0) is 10.8 Å². The number of aromatic nitrogens is 2. The van der Waals surface area contributed by atoms with Crippen LogP contribution in [0.4, 0.5) is 68.2 Å². The number of hydrogen-bond acceptors (Lipinski definition) is 6. The molecule has 12 aromatic rings. The zero-order chi connectivity index (χ0) is 51.1. The van der Waals surface area contributed by atoms with E-state index in [-0.39, 0.29) is 10.8 Å². The number of hydrogen-bond donors (Lipinski definition) is 0. The van der Waals surface area contributed by atoms with Crippen LogP contribution >= 0.6 is 0 Å². The summed E-state index contributed by atoms with van der Waals surface area (Å²) >= 11 is 0. The molecule has 3 heterocycles. The van der Waals surface area contributed by atoms with Gasteiger partial charge in [-0.3, -0.25) is 9.97 Å². The maximum atomic E-state index is 5.03. The van der Waals surface area contributed by atoms with Gasteiger partial charge in [0.1, 0.15) is 0 Å². The highest BCUT2D eigenvalue weighted by Gasteiger charge is 2.39. The Labute approximate surface area is 444 Å². The Balaban J connectivity index is 0.959. The van der Waals surface area contributed by atoms with Crippen LogP contribution in [0.1, 0.15) is 49.9 Å². The van der Waals surface area contributed by atoms with Crippen molar-refractivity contribution in [2.24, 2.45) is 0 Å². The molecule has 0 fully saturated rings. The monoisotopic (exact) mass is 978 g/mol. The van der Waals surface area contributed by atoms with Crippen LogP contribution in [0.2, 0.25) is 0 Å². The second-order valence-corrected chi connectivity index (χ2v) is 21.1. The quantitative estimate of drug-likeness (QED) is 0.141. The molecule has 0 radical (unpaired) electrons. The van der Waals surface area contributed by atoms with Crippen LogP contribution < -0.4 is 19.6 Å². The number of para-hydroxylation sites is 6. The van der Waals surface area contributed by atoms with Crippen molar-refractivity contribution in [3.63, 3.8) is 0 Å². The maximum absolute atomic E-state index is 5.03. The zero-order valence-electron chi connectivity index (χ0n) is 42.9. The second-order valence-electron chi connectivity index (χ2n) is 21.1. The molecule has 11 aromatic carbocycles. The minimum absolute atomic E-state index is 0.306. The van der Waals surface area contributed by atoms with Crippen molar-refractivity contribution in [1.82, 2.24) is 9.97 Å². The molecule has 0 unspecified atom stereocenters. The standard InChI is InChI=1S/C70H54N6/c1-69(2)59-29-17-19-31-63(59)75(65-39-35-53(45-61(65)69)73(47-21-9-5-10-22-47)48-23-11-6-12-24-48)51-33-37-55-57(43-51)58-44-52(34-38-56(58)68-67(55)71-41-42-72-68)76-64-32-20-18-30-60(64)70(3,4)62-46-54(36-40-66(62)76)74(49-25-13-7-14-26-49)50-27-15-8-16-28-50/h5-46H,1-4H3. The number of rotatable bonds is 8. The van der Waals surface area contributed by atoms with E-state index in [4.69, 9.17) is 9.97 Å². The smallest absolute Gasteiger partial charge is 0.0971 e. The Morgan fingerprint density at radius 2 is 0.618 bits per heavy atom. The first-order chi connectivity index (χ1) is 37.2. The molecule has 2 aliphatic heterocycles. The van der Waals surface area contributed by atoms with E-state index < -0.39 is 0 Å². The zero-order valence-corrected chi connectivity index (χ0v) is 42.9. The van der Waals surface area contributed by atoms with Gasteiger partial charge in [-0.15, -0.1) is 0 Å². The summed E-state index contributed by atoms with van der Waals surface area (Å²) in [6.07, 6.45) is 3.63. The summed E-state index contributed by atoms with van der Waals surface area (Å²) < 4.78 is 0. The van der Waals surface area contributed by atoms with Crippen LogP contribution in [0.15, 0.2) is 255 Å². The van der Waals surface area contributed by atoms with Gasteiger partial charge in [0.25, 0.3) is 0 Å². The first kappa shape index (κ1) is 45.1. The van der Waals surface area contributed by atoms with Crippen molar-refractivity contribution in [3.8, 4) is 0 Å². The van der Waals surface area contributed by atoms with Gasteiger partial charge in [-0.25, -0.2) is 0 Å². The molecule has 6 nitrogen and oxygen atoms in total. The summed E-state index contributed by atoms with van der Waals surface area (Å²) in [4.78, 5) is 19.7. The minimum Gasteiger partial charge on any atom is -0.310 e. The van der Waals surface area contributed by atoms with Gasteiger partial charge in [-0.05, 0) is 154 Å².